The highest BCUT2D eigenvalue weighted by Gasteiger charge is 2.24. The molecule has 0 aliphatic carbocycles. The number of carbonyl (C=O) groups is 1. The van der Waals surface area contributed by atoms with Gasteiger partial charge in [-0.05, 0) is 26.8 Å². The van der Waals surface area contributed by atoms with Gasteiger partial charge in [0.2, 0.25) is 0 Å². The van der Waals surface area contributed by atoms with E-state index in [1.54, 1.807) is 18.5 Å². The maximum absolute atomic E-state index is 11.9. The van der Waals surface area contributed by atoms with Crippen LogP contribution >= 0.6 is 0 Å². The lowest BCUT2D eigenvalue weighted by molar-refractivity contribution is 0.0525. The van der Waals surface area contributed by atoms with Crippen LogP contribution in [0.3, 0.4) is 0 Å². The fraction of sp³-hybridized carbons (Fsp3) is 0.417. The molecule has 2 aromatic rings. The summed E-state index contributed by atoms with van der Waals surface area (Å²) in [4.78, 5) is 11.9. The molecule has 2 aromatic heterocycles. The van der Waals surface area contributed by atoms with Gasteiger partial charge < -0.3 is 9.26 Å². The van der Waals surface area contributed by atoms with Crippen molar-refractivity contribution in [2.24, 2.45) is 7.05 Å². The van der Waals surface area contributed by atoms with Gasteiger partial charge in [0.15, 0.2) is 0 Å². The van der Waals surface area contributed by atoms with Gasteiger partial charge in [0.1, 0.15) is 22.7 Å². The van der Waals surface area contributed by atoms with E-state index in [0.29, 0.717) is 29.3 Å². The van der Waals surface area contributed by atoms with Gasteiger partial charge in [-0.15, -0.1) is 0 Å². The average molecular weight is 249 g/mol. The topological polar surface area (TPSA) is 70.2 Å². The van der Waals surface area contributed by atoms with Crippen molar-refractivity contribution < 1.29 is 14.1 Å². The van der Waals surface area contributed by atoms with E-state index in [1.165, 1.54) is 0 Å². The molecular weight excluding hydrogens is 234 g/mol. The molecule has 0 radical (unpaired) electrons. The molecule has 0 aliphatic heterocycles. The molecule has 2 heterocycles. The lowest BCUT2D eigenvalue weighted by Crippen LogP contribution is -2.06. The molecule has 0 saturated carbocycles. The largest absolute Gasteiger partial charge is 0.462 e. The molecule has 0 spiro atoms. The predicted octanol–water partition coefficient (Wildman–Crippen LogP) is 1.87. The van der Waals surface area contributed by atoms with Crippen molar-refractivity contribution in [1.29, 1.82) is 0 Å². The average Bonchev–Trinajstić information content (AvgIpc) is 2.84. The van der Waals surface area contributed by atoms with Gasteiger partial charge in [-0.1, -0.05) is 5.16 Å². The highest BCUT2D eigenvalue weighted by Crippen LogP contribution is 2.25. The number of hydrogen-bond acceptors (Lipinski definition) is 5. The van der Waals surface area contributed by atoms with Crippen molar-refractivity contribution in [3.05, 3.63) is 23.1 Å². The Kier molecular flexibility index (Phi) is 3.18. The van der Waals surface area contributed by atoms with Gasteiger partial charge in [-0.25, -0.2) is 4.79 Å². The summed E-state index contributed by atoms with van der Waals surface area (Å²) in [6.45, 7) is 5.67. The Balaban J connectivity index is 2.49. The Morgan fingerprint density at radius 1 is 1.50 bits per heavy atom. The van der Waals surface area contributed by atoms with Crippen LogP contribution in [-0.4, -0.2) is 27.5 Å². The summed E-state index contributed by atoms with van der Waals surface area (Å²) < 4.78 is 11.8. The Morgan fingerprint density at radius 2 is 2.22 bits per heavy atom. The maximum atomic E-state index is 11.9. The number of aryl methyl sites for hydroxylation is 3. The molecule has 0 N–H and O–H groups in total. The molecule has 0 aromatic carbocycles. The number of rotatable bonds is 3. The standard InChI is InChI=1S/C12H15N3O3/c1-5-17-12(16)10-8(3)18-14-11(10)9-6-7(2)15(4)13-9/h6H,5H2,1-4H3. The van der Waals surface area contributed by atoms with Crippen LogP contribution in [0.4, 0.5) is 0 Å². The van der Waals surface area contributed by atoms with E-state index in [1.807, 2.05) is 20.0 Å². The Morgan fingerprint density at radius 3 is 2.78 bits per heavy atom. The Labute approximate surface area is 105 Å². The summed E-state index contributed by atoms with van der Waals surface area (Å²) in [6, 6.07) is 1.85. The van der Waals surface area contributed by atoms with E-state index in [9.17, 15) is 4.79 Å². The molecule has 18 heavy (non-hydrogen) atoms. The zero-order valence-corrected chi connectivity index (χ0v) is 10.9. The molecule has 0 atom stereocenters. The molecule has 0 fully saturated rings. The summed E-state index contributed by atoms with van der Waals surface area (Å²) in [6.07, 6.45) is 0. The first-order valence-electron chi connectivity index (χ1n) is 5.69. The first-order valence-corrected chi connectivity index (χ1v) is 5.69. The Bertz CT molecular complexity index is 564. The minimum atomic E-state index is -0.436. The number of carbonyl (C=O) groups excluding carboxylic acids is 1. The minimum Gasteiger partial charge on any atom is -0.462 e. The second-order valence-electron chi connectivity index (χ2n) is 3.98. The first kappa shape index (κ1) is 12.3. The van der Waals surface area contributed by atoms with Gasteiger partial charge >= 0.3 is 5.97 Å². The molecular formula is C12H15N3O3. The molecule has 0 saturated heterocycles. The fourth-order valence-corrected chi connectivity index (χ4v) is 1.67. The van der Waals surface area contributed by atoms with Crippen molar-refractivity contribution >= 4 is 5.97 Å². The fourth-order valence-electron chi connectivity index (χ4n) is 1.67. The van der Waals surface area contributed by atoms with Gasteiger partial charge in [0.05, 0.1) is 6.61 Å². The van der Waals surface area contributed by atoms with E-state index < -0.39 is 5.97 Å². The molecule has 0 aliphatic rings. The second kappa shape index (κ2) is 4.64. The van der Waals surface area contributed by atoms with E-state index >= 15 is 0 Å². The van der Waals surface area contributed by atoms with Crippen molar-refractivity contribution in [1.82, 2.24) is 14.9 Å². The zero-order valence-electron chi connectivity index (χ0n) is 10.9. The van der Waals surface area contributed by atoms with Crippen LogP contribution in [0.5, 0.6) is 0 Å². The molecule has 6 nitrogen and oxygen atoms in total. The third-order valence-corrected chi connectivity index (χ3v) is 2.70. The van der Waals surface area contributed by atoms with Crippen LogP contribution in [0.2, 0.25) is 0 Å². The minimum absolute atomic E-state index is 0.310. The lowest BCUT2D eigenvalue weighted by atomic mass is 10.1. The van der Waals surface area contributed by atoms with Gasteiger partial charge in [0.25, 0.3) is 0 Å². The monoisotopic (exact) mass is 249 g/mol. The number of nitrogens with zero attached hydrogens (tertiary/aromatic N) is 3. The number of aromatic nitrogens is 3. The number of ether oxygens (including phenoxy) is 1. The summed E-state index contributed by atoms with van der Waals surface area (Å²) in [5.41, 5.74) is 2.35. The maximum Gasteiger partial charge on any atom is 0.344 e. The molecule has 0 amide bonds. The summed E-state index contributed by atoms with van der Waals surface area (Å²) >= 11 is 0. The SMILES string of the molecule is CCOC(=O)c1c(-c2cc(C)n(C)n2)noc1C. The number of esters is 1. The molecule has 6 heteroatoms. The highest BCUT2D eigenvalue weighted by atomic mass is 16.5. The molecule has 2 rings (SSSR count). The molecule has 0 bridgehead atoms. The van der Waals surface area contributed by atoms with Crippen LogP contribution in [0, 0.1) is 13.8 Å². The summed E-state index contributed by atoms with van der Waals surface area (Å²) in [5.74, 6) is 0.00122. The van der Waals surface area contributed by atoms with Gasteiger partial charge in [-0.2, -0.15) is 5.10 Å². The highest BCUT2D eigenvalue weighted by molar-refractivity contribution is 5.96. The molecule has 96 valence electrons. The van der Waals surface area contributed by atoms with E-state index in [2.05, 4.69) is 10.3 Å². The van der Waals surface area contributed by atoms with E-state index in [-0.39, 0.29) is 0 Å². The summed E-state index contributed by atoms with van der Waals surface area (Å²) in [7, 11) is 1.83. The van der Waals surface area contributed by atoms with Crippen LogP contribution < -0.4 is 0 Å². The van der Waals surface area contributed by atoms with E-state index in [4.69, 9.17) is 9.26 Å². The second-order valence-corrected chi connectivity index (χ2v) is 3.98. The van der Waals surface area contributed by atoms with Crippen molar-refractivity contribution in [3.63, 3.8) is 0 Å². The van der Waals surface area contributed by atoms with Gasteiger partial charge in [0, 0.05) is 12.7 Å². The Hall–Kier alpha value is -2.11. The van der Waals surface area contributed by atoms with Crippen molar-refractivity contribution in [2.75, 3.05) is 6.61 Å². The van der Waals surface area contributed by atoms with Crippen LogP contribution in [0.15, 0.2) is 10.6 Å². The van der Waals surface area contributed by atoms with Crippen LogP contribution in [0.1, 0.15) is 28.7 Å². The lowest BCUT2D eigenvalue weighted by Gasteiger charge is -2.00. The summed E-state index contributed by atoms with van der Waals surface area (Å²) in [5, 5.41) is 8.18. The smallest absolute Gasteiger partial charge is 0.344 e. The zero-order chi connectivity index (χ0) is 13.3. The number of hydrogen-bond donors (Lipinski definition) is 0. The third kappa shape index (κ3) is 2.01. The van der Waals surface area contributed by atoms with Crippen LogP contribution in [0.25, 0.3) is 11.4 Å². The third-order valence-electron chi connectivity index (χ3n) is 2.70. The van der Waals surface area contributed by atoms with Crippen molar-refractivity contribution in [2.45, 2.75) is 20.8 Å². The van der Waals surface area contributed by atoms with Crippen LogP contribution in [-0.2, 0) is 11.8 Å². The van der Waals surface area contributed by atoms with Gasteiger partial charge in [-0.3, -0.25) is 4.68 Å². The van der Waals surface area contributed by atoms with E-state index in [0.717, 1.165) is 5.69 Å². The quantitative estimate of drug-likeness (QED) is 0.776. The normalized spacial score (nSPS) is 10.7. The van der Waals surface area contributed by atoms with Crippen molar-refractivity contribution in [3.8, 4) is 11.4 Å². The first-order chi connectivity index (χ1) is 8.54. The molecule has 0 unspecified atom stereocenters. The predicted molar refractivity (Wildman–Crippen MR) is 64.1 cm³/mol.